The first kappa shape index (κ1) is 10.1. The lowest BCUT2D eigenvalue weighted by molar-refractivity contribution is -0.114. The van der Waals surface area contributed by atoms with Crippen molar-refractivity contribution in [3.8, 4) is 0 Å². The van der Waals surface area contributed by atoms with E-state index in [4.69, 9.17) is 9.47 Å². The third-order valence-electron chi connectivity index (χ3n) is 2.10. The van der Waals surface area contributed by atoms with E-state index in [0.29, 0.717) is 13.2 Å². The van der Waals surface area contributed by atoms with Crippen LogP contribution in [0.25, 0.3) is 0 Å². The standard InChI is InChI=1S/C11H13NO3/c1-8(13)12-10-4-2-3-9(7-10)11-14-5-6-15-11/h2-4,7,11H,5-6H2,1H3,(H,12,13). The molecular weight excluding hydrogens is 194 g/mol. The number of benzene rings is 1. The first-order valence-electron chi connectivity index (χ1n) is 4.86. The summed E-state index contributed by atoms with van der Waals surface area (Å²) in [4.78, 5) is 10.9. The minimum absolute atomic E-state index is 0.0830. The Morgan fingerprint density at radius 1 is 1.40 bits per heavy atom. The van der Waals surface area contributed by atoms with Crippen LogP contribution in [0.4, 0.5) is 5.69 Å². The lowest BCUT2D eigenvalue weighted by atomic mass is 10.2. The molecule has 1 aromatic rings. The molecule has 15 heavy (non-hydrogen) atoms. The highest BCUT2D eigenvalue weighted by molar-refractivity contribution is 5.88. The molecule has 1 aliphatic heterocycles. The zero-order chi connectivity index (χ0) is 10.7. The summed E-state index contributed by atoms with van der Waals surface area (Å²) in [6.45, 7) is 2.72. The number of hydrogen-bond acceptors (Lipinski definition) is 3. The Kier molecular flexibility index (Phi) is 2.99. The second-order valence-electron chi connectivity index (χ2n) is 3.38. The van der Waals surface area contributed by atoms with Crippen LogP contribution in [0.1, 0.15) is 18.8 Å². The van der Waals surface area contributed by atoms with E-state index in [0.717, 1.165) is 11.3 Å². The van der Waals surface area contributed by atoms with E-state index in [1.54, 1.807) is 0 Å². The summed E-state index contributed by atoms with van der Waals surface area (Å²) in [6, 6.07) is 7.48. The highest BCUT2D eigenvalue weighted by Gasteiger charge is 2.18. The molecule has 1 fully saturated rings. The van der Waals surface area contributed by atoms with Crippen LogP contribution in [0.5, 0.6) is 0 Å². The van der Waals surface area contributed by atoms with Gasteiger partial charge < -0.3 is 14.8 Å². The minimum atomic E-state index is -0.293. The summed E-state index contributed by atoms with van der Waals surface area (Å²) in [5.74, 6) is -0.0830. The van der Waals surface area contributed by atoms with Gasteiger partial charge in [-0.1, -0.05) is 12.1 Å². The SMILES string of the molecule is CC(=O)Nc1cccc(C2OCCO2)c1. The fourth-order valence-electron chi connectivity index (χ4n) is 1.52. The van der Waals surface area contributed by atoms with Crippen LogP contribution >= 0.6 is 0 Å². The number of rotatable bonds is 2. The fourth-order valence-corrected chi connectivity index (χ4v) is 1.52. The van der Waals surface area contributed by atoms with Crippen molar-refractivity contribution in [1.29, 1.82) is 0 Å². The molecule has 1 aromatic carbocycles. The van der Waals surface area contributed by atoms with Gasteiger partial charge in [-0.15, -0.1) is 0 Å². The third kappa shape index (κ3) is 2.55. The maximum atomic E-state index is 10.9. The monoisotopic (exact) mass is 207 g/mol. The zero-order valence-electron chi connectivity index (χ0n) is 8.53. The Hall–Kier alpha value is -1.39. The number of nitrogens with one attached hydrogen (secondary N) is 1. The van der Waals surface area contributed by atoms with Crippen molar-refractivity contribution in [3.63, 3.8) is 0 Å². The lowest BCUT2D eigenvalue weighted by Gasteiger charge is -2.10. The lowest BCUT2D eigenvalue weighted by Crippen LogP contribution is -2.06. The topological polar surface area (TPSA) is 47.6 Å². The summed E-state index contributed by atoms with van der Waals surface area (Å²) >= 11 is 0. The number of carbonyl (C=O) groups is 1. The van der Waals surface area contributed by atoms with Gasteiger partial charge in [-0.3, -0.25) is 4.79 Å². The van der Waals surface area contributed by atoms with E-state index < -0.39 is 0 Å². The molecule has 0 saturated carbocycles. The number of carbonyl (C=O) groups excluding carboxylic acids is 1. The summed E-state index contributed by atoms with van der Waals surface area (Å²) < 4.78 is 10.7. The van der Waals surface area contributed by atoms with Gasteiger partial charge in [0, 0.05) is 18.2 Å². The molecular formula is C11H13NO3. The molecule has 4 heteroatoms. The van der Waals surface area contributed by atoms with Crippen molar-refractivity contribution in [2.24, 2.45) is 0 Å². The van der Waals surface area contributed by atoms with Crippen molar-refractivity contribution in [3.05, 3.63) is 29.8 Å². The van der Waals surface area contributed by atoms with Gasteiger partial charge in [0.15, 0.2) is 6.29 Å². The van der Waals surface area contributed by atoms with Crippen molar-refractivity contribution in [2.75, 3.05) is 18.5 Å². The maximum absolute atomic E-state index is 10.9. The normalized spacial score (nSPS) is 16.6. The first-order valence-corrected chi connectivity index (χ1v) is 4.86. The van der Waals surface area contributed by atoms with E-state index in [2.05, 4.69) is 5.32 Å². The van der Waals surface area contributed by atoms with E-state index in [9.17, 15) is 4.79 Å². The molecule has 0 spiro atoms. The van der Waals surface area contributed by atoms with E-state index >= 15 is 0 Å². The van der Waals surface area contributed by atoms with E-state index in [-0.39, 0.29) is 12.2 Å². The number of ether oxygens (including phenoxy) is 2. The predicted molar refractivity (Wildman–Crippen MR) is 55.4 cm³/mol. The van der Waals surface area contributed by atoms with Gasteiger partial charge in [0.25, 0.3) is 0 Å². The van der Waals surface area contributed by atoms with Gasteiger partial charge in [-0.2, -0.15) is 0 Å². The van der Waals surface area contributed by atoms with E-state index in [1.807, 2.05) is 24.3 Å². The van der Waals surface area contributed by atoms with Crippen LogP contribution in [0.2, 0.25) is 0 Å². The molecule has 0 aromatic heterocycles. The summed E-state index contributed by atoms with van der Waals surface area (Å²) in [5, 5.41) is 2.72. The Bertz CT molecular complexity index is 359. The molecule has 2 rings (SSSR count). The molecule has 0 unspecified atom stereocenters. The largest absolute Gasteiger partial charge is 0.346 e. The van der Waals surface area contributed by atoms with Gasteiger partial charge in [-0.25, -0.2) is 0 Å². The molecule has 1 heterocycles. The Morgan fingerprint density at radius 2 is 2.13 bits per heavy atom. The first-order chi connectivity index (χ1) is 7.25. The molecule has 0 aliphatic carbocycles. The third-order valence-corrected chi connectivity index (χ3v) is 2.10. The highest BCUT2D eigenvalue weighted by atomic mass is 16.7. The van der Waals surface area contributed by atoms with Gasteiger partial charge in [0.1, 0.15) is 0 Å². The van der Waals surface area contributed by atoms with Crippen LogP contribution < -0.4 is 5.32 Å². The molecule has 0 atom stereocenters. The second kappa shape index (κ2) is 4.42. The number of hydrogen-bond donors (Lipinski definition) is 1. The summed E-state index contributed by atoms with van der Waals surface area (Å²) in [7, 11) is 0. The minimum Gasteiger partial charge on any atom is -0.346 e. The van der Waals surface area contributed by atoms with Crippen molar-refractivity contribution < 1.29 is 14.3 Å². The second-order valence-corrected chi connectivity index (χ2v) is 3.38. The molecule has 0 bridgehead atoms. The predicted octanol–water partition coefficient (Wildman–Crippen LogP) is 1.69. The molecule has 4 nitrogen and oxygen atoms in total. The Balaban J connectivity index is 2.14. The van der Waals surface area contributed by atoms with Crippen LogP contribution in [0, 0.1) is 0 Å². The average molecular weight is 207 g/mol. The number of anilines is 1. The highest BCUT2D eigenvalue weighted by Crippen LogP contribution is 2.25. The van der Waals surface area contributed by atoms with Gasteiger partial charge in [-0.05, 0) is 12.1 Å². The molecule has 80 valence electrons. The Morgan fingerprint density at radius 3 is 2.80 bits per heavy atom. The van der Waals surface area contributed by atoms with E-state index in [1.165, 1.54) is 6.92 Å². The van der Waals surface area contributed by atoms with Gasteiger partial charge in [0.2, 0.25) is 5.91 Å². The molecule has 1 N–H and O–H groups in total. The maximum Gasteiger partial charge on any atom is 0.221 e. The van der Waals surface area contributed by atoms with Crippen LogP contribution in [-0.4, -0.2) is 19.1 Å². The van der Waals surface area contributed by atoms with Crippen LogP contribution in [-0.2, 0) is 14.3 Å². The molecule has 1 saturated heterocycles. The van der Waals surface area contributed by atoms with Crippen molar-refractivity contribution in [2.45, 2.75) is 13.2 Å². The van der Waals surface area contributed by atoms with Gasteiger partial charge >= 0.3 is 0 Å². The molecule has 0 radical (unpaired) electrons. The Labute approximate surface area is 88.2 Å². The smallest absolute Gasteiger partial charge is 0.221 e. The molecule has 1 aliphatic rings. The van der Waals surface area contributed by atoms with Crippen LogP contribution in [0.15, 0.2) is 24.3 Å². The van der Waals surface area contributed by atoms with Gasteiger partial charge in [0.05, 0.1) is 13.2 Å². The number of amides is 1. The van der Waals surface area contributed by atoms with Crippen LogP contribution in [0.3, 0.4) is 0 Å². The zero-order valence-corrected chi connectivity index (χ0v) is 8.53. The average Bonchev–Trinajstić information content (AvgIpc) is 2.69. The molecule has 1 amide bonds. The fraction of sp³-hybridized carbons (Fsp3) is 0.364. The quantitative estimate of drug-likeness (QED) is 0.802. The van der Waals surface area contributed by atoms with Crippen molar-refractivity contribution >= 4 is 11.6 Å². The summed E-state index contributed by atoms with van der Waals surface area (Å²) in [6.07, 6.45) is -0.293. The van der Waals surface area contributed by atoms with Crippen molar-refractivity contribution in [1.82, 2.24) is 0 Å². The summed E-state index contributed by atoms with van der Waals surface area (Å²) in [5.41, 5.74) is 1.69.